The number of guanidine groups is 1. The third kappa shape index (κ3) is 31.1. The quantitative estimate of drug-likeness (QED) is 0.0117. The Morgan fingerprint density at radius 2 is 1.07 bits per heavy atom. The van der Waals surface area contributed by atoms with Crippen LogP contribution >= 0.6 is 24.4 Å². The first-order chi connectivity index (χ1) is 43.1. The van der Waals surface area contributed by atoms with Crippen LogP contribution in [0.15, 0.2) is 4.99 Å². The van der Waals surface area contributed by atoms with Crippen LogP contribution in [-0.2, 0) is 81.5 Å². The summed E-state index contributed by atoms with van der Waals surface area (Å²) in [5, 5.41) is 74.1. The number of nitrogens with two attached hydrogens (primary N) is 3. The number of carbonyl (C=O) groups is 17. The van der Waals surface area contributed by atoms with Gasteiger partial charge in [-0.15, -0.1) is 0 Å². The largest absolute Gasteiger partial charge is 0.481 e. The van der Waals surface area contributed by atoms with Crippen molar-refractivity contribution in [1.29, 1.82) is 0 Å². The lowest BCUT2D eigenvalue weighted by Gasteiger charge is -2.27. The molecule has 0 spiro atoms. The van der Waals surface area contributed by atoms with Crippen molar-refractivity contribution in [2.45, 2.75) is 139 Å². The summed E-state index contributed by atoms with van der Waals surface area (Å²) in [4.78, 5) is 221. The Kier molecular flexibility index (Phi) is 37.0. The summed E-state index contributed by atoms with van der Waals surface area (Å²) in [5.74, 6) is -20.2. The highest BCUT2D eigenvalue weighted by Crippen LogP contribution is 2.18. The molecule has 0 bridgehead atoms. The first-order valence-corrected chi connectivity index (χ1v) is 30.4. The Labute approximate surface area is 535 Å². The molecule has 0 aromatic heterocycles. The summed E-state index contributed by atoms with van der Waals surface area (Å²) in [5.41, 5.74) is 16.3. The fourth-order valence-corrected chi connectivity index (χ4v) is 8.88. The lowest BCUT2D eigenvalue weighted by Crippen LogP contribution is -2.59. The Bertz CT molecular complexity index is 2700. The molecule has 1 heterocycles. The summed E-state index contributed by atoms with van der Waals surface area (Å²) in [6, 6.07) is -15.2. The SMILES string of the molecule is CSCC[C@H](NC(=O)[C@@H]1CCCN1C(=O)CNC(=O)CNC(=O)[C@H](CO)NC(=O)[C@H](CC(=O)O)NC(=O)CNC(=O)[C@H](CCC(=O)O)NC(=O)[C@H](CS)NC(=O)[C@H](C)NC(=O)[C@H](CC(=O)O)NC(=O)CNC(=O)[C@@H](N)CCCN=C(N)N)C(=O)N[C@H](C(=O)O)C(C)C. The van der Waals surface area contributed by atoms with Crippen LogP contribution in [-0.4, -0.2) is 261 Å². The van der Waals surface area contributed by atoms with Crippen molar-refractivity contribution in [2.24, 2.45) is 28.1 Å². The normalized spacial score (nSPS) is 15.4. The van der Waals surface area contributed by atoms with Gasteiger partial charge in [-0.3, -0.25) is 81.7 Å². The number of aliphatic hydroxyl groups is 1. The van der Waals surface area contributed by atoms with Gasteiger partial charge >= 0.3 is 23.9 Å². The van der Waals surface area contributed by atoms with E-state index in [1.807, 2.05) is 10.6 Å². The molecule has 10 atom stereocenters. The van der Waals surface area contributed by atoms with Gasteiger partial charge in [0.05, 0.1) is 51.7 Å². The number of hydrogen-bond acceptors (Lipinski definition) is 22. The Hall–Kier alpha value is -9.12. The first-order valence-electron chi connectivity index (χ1n) is 28.4. The van der Waals surface area contributed by atoms with Gasteiger partial charge < -0.3 is 111 Å². The van der Waals surface area contributed by atoms with Gasteiger partial charge in [0.25, 0.3) is 0 Å². The number of likely N-dealkylation sites (tertiary alicyclic amines) is 1. The number of carboxylic acid groups (broad SMARTS) is 4. The van der Waals surface area contributed by atoms with Gasteiger partial charge in [0.1, 0.15) is 54.4 Å². The molecule has 1 aliphatic rings. The molecule has 23 N–H and O–H groups in total. The van der Waals surface area contributed by atoms with Crippen LogP contribution in [0.4, 0.5) is 0 Å². The van der Waals surface area contributed by atoms with E-state index in [0.29, 0.717) is 18.6 Å². The molecule has 0 aliphatic carbocycles. The monoisotopic (exact) mass is 1350 g/mol. The highest BCUT2D eigenvalue weighted by Gasteiger charge is 2.38. The minimum atomic E-state index is -2.02. The van der Waals surface area contributed by atoms with E-state index in [9.17, 15) is 107 Å². The molecule has 39 nitrogen and oxygen atoms in total. The molecule has 13 amide bonds. The topological polar surface area (TPSA) is 629 Å². The van der Waals surface area contributed by atoms with Gasteiger partial charge in [-0.1, -0.05) is 13.8 Å². The third-order valence-corrected chi connectivity index (χ3v) is 14.1. The van der Waals surface area contributed by atoms with Crippen LogP contribution in [0.25, 0.3) is 0 Å². The number of thiol groups is 1. The van der Waals surface area contributed by atoms with Crippen LogP contribution in [0.1, 0.15) is 78.6 Å². The van der Waals surface area contributed by atoms with Gasteiger partial charge in [-0.05, 0) is 63.4 Å². The maximum atomic E-state index is 13.4. The number of rotatable bonds is 43. The van der Waals surface area contributed by atoms with Crippen LogP contribution in [0, 0.1) is 5.92 Å². The number of nitrogens with zero attached hydrogens (tertiary/aromatic N) is 2. The molecule has 0 aromatic carbocycles. The Balaban J connectivity index is 2.92. The predicted molar refractivity (Wildman–Crippen MR) is 324 cm³/mol. The molecule has 516 valence electrons. The van der Waals surface area contributed by atoms with E-state index in [-0.39, 0.29) is 38.3 Å². The van der Waals surface area contributed by atoms with E-state index in [2.05, 4.69) is 70.8 Å². The maximum Gasteiger partial charge on any atom is 0.326 e. The second kappa shape index (κ2) is 42.0. The number of nitrogens with one attached hydrogen (secondary N) is 12. The van der Waals surface area contributed by atoms with E-state index in [1.165, 1.54) is 16.7 Å². The van der Waals surface area contributed by atoms with Crippen molar-refractivity contribution in [1.82, 2.24) is 68.7 Å². The van der Waals surface area contributed by atoms with Crippen molar-refractivity contribution < 1.29 is 107 Å². The average molecular weight is 1350 g/mol. The predicted octanol–water partition coefficient (Wildman–Crippen LogP) is -10.0. The molecule has 0 radical (unpaired) electrons. The van der Waals surface area contributed by atoms with Gasteiger partial charge in [-0.2, -0.15) is 24.4 Å². The molecule has 0 aromatic rings. The molecular formula is C51H83N17O22S2. The highest BCUT2D eigenvalue weighted by atomic mass is 32.2. The van der Waals surface area contributed by atoms with Crippen molar-refractivity contribution >= 4 is 131 Å². The third-order valence-electron chi connectivity index (χ3n) is 13.1. The molecular weight excluding hydrogens is 1270 g/mol. The van der Waals surface area contributed by atoms with Crippen LogP contribution < -0.4 is 81.0 Å². The maximum absolute atomic E-state index is 13.4. The van der Waals surface area contributed by atoms with E-state index in [0.717, 1.165) is 6.92 Å². The molecule has 92 heavy (non-hydrogen) atoms. The van der Waals surface area contributed by atoms with Crippen molar-refractivity contribution in [2.75, 3.05) is 63.6 Å². The second-order valence-electron chi connectivity index (χ2n) is 20.8. The van der Waals surface area contributed by atoms with Gasteiger partial charge in [0, 0.05) is 25.3 Å². The van der Waals surface area contributed by atoms with E-state index in [4.69, 9.17) is 17.2 Å². The molecule has 1 rings (SSSR count). The van der Waals surface area contributed by atoms with E-state index < -0.39 is 231 Å². The first kappa shape index (κ1) is 80.9. The summed E-state index contributed by atoms with van der Waals surface area (Å²) in [6.07, 6.45) is -0.675. The smallest absolute Gasteiger partial charge is 0.326 e. The van der Waals surface area contributed by atoms with Gasteiger partial charge in [0.2, 0.25) is 76.8 Å². The summed E-state index contributed by atoms with van der Waals surface area (Å²) in [6.45, 7) is 0.0381. The van der Waals surface area contributed by atoms with Gasteiger partial charge in [0.15, 0.2) is 5.96 Å². The van der Waals surface area contributed by atoms with Crippen molar-refractivity contribution in [3.63, 3.8) is 0 Å². The molecule has 1 fully saturated rings. The number of carbonyl (C=O) groups excluding carboxylic acids is 13. The van der Waals surface area contributed by atoms with Crippen molar-refractivity contribution in [3.05, 3.63) is 0 Å². The van der Waals surface area contributed by atoms with Crippen LogP contribution in [0.3, 0.4) is 0 Å². The zero-order valence-electron chi connectivity index (χ0n) is 50.7. The number of aliphatic carboxylic acids is 4. The summed E-state index contributed by atoms with van der Waals surface area (Å²) in [7, 11) is 0. The number of thioether (sulfide) groups is 1. The second-order valence-corrected chi connectivity index (χ2v) is 22.1. The van der Waals surface area contributed by atoms with Crippen LogP contribution in [0.2, 0.25) is 0 Å². The fourth-order valence-electron chi connectivity index (χ4n) is 8.15. The highest BCUT2D eigenvalue weighted by molar-refractivity contribution is 7.98. The average Bonchev–Trinajstić information content (AvgIpc) is 1.68. The number of hydrogen-bond donors (Lipinski definition) is 21. The Morgan fingerprint density at radius 1 is 0.565 bits per heavy atom. The lowest BCUT2D eigenvalue weighted by atomic mass is 10.0. The number of carboxylic acids is 4. The molecule has 0 unspecified atom stereocenters. The zero-order valence-corrected chi connectivity index (χ0v) is 52.4. The molecule has 1 aliphatic heterocycles. The minimum Gasteiger partial charge on any atom is -0.481 e. The lowest BCUT2D eigenvalue weighted by molar-refractivity contribution is -0.144. The summed E-state index contributed by atoms with van der Waals surface area (Å²) < 4.78 is 0. The van der Waals surface area contributed by atoms with Gasteiger partial charge in [-0.25, -0.2) is 4.79 Å². The Morgan fingerprint density at radius 3 is 1.58 bits per heavy atom. The number of aliphatic imine (C=N–C) groups is 1. The fraction of sp³-hybridized carbons (Fsp3) is 0.647. The van der Waals surface area contributed by atoms with E-state index in [1.54, 1.807) is 20.1 Å². The van der Waals surface area contributed by atoms with E-state index >= 15 is 0 Å². The number of amides is 13. The number of aliphatic hydroxyl groups excluding tert-OH is 1. The minimum absolute atomic E-state index is 0.0907. The molecule has 41 heteroatoms. The van der Waals surface area contributed by atoms with Crippen molar-refractivity contribution in [3.8, 4) is 0 Å². The standard InChI is InChI=1S/C51H83N17O22S2/c1-23(2)40(50(89)90)67-45(84)27(11-14-92-4)64-49(88)32-8-6-13-68(32)36(73)20-56-33(70)17-58-44(83)30(21-69)65-47(86)29(16-39(78)79)62-35(72)19-59-43(82)26(9-10-37(74)75)63-48(87)31(22-91)66-41(80)24(3)60-46(85)28(15-38(76)77)61-34(71)18-57-42(81)25(52)7-5-12-55-51(53)54/h23-32,40,69,91H,5-22,52H2,1-4H3,(H,56,70)(H,57,81)(H,58,83)(H,59,82)(H,60,85)(H,61,71)(H,62,72)(H,63,87)(H,64,88)(H,65,86)(H,66,80)(H,67,84)(H,74,75)(H,76,77)(H,78,79)(H,89,90)(H4,53,54,55)/t24-,25-,26-,27-,28-,29-,30-,31-,32-,40-/m0/s1. The zero-order chi connectivity index (χ0) is 69.9. The molecule has 0 saturated carbocycles. The molecule has 1 saturated heterocycles. The van der Waals surface area contributed by atoms with Crippen LogP contribution in [0.5, 0.6) is 0 Å². The summed E-state index contributed by atoms with van der Waals surface area (Å²) >= 11 is 5.40.